The standard InChI is InChI=1S/C9H9NO/c1-2-10-7-8-5-3-4-6-9(8)11/h2-7,11H,1H2/b10-7+. The minimum Gasteiger partial charge on any atom is -0.507 e. The van der Waals surface area contributed by atoms with E-state index in [1.54, 1.807) is 24.4 Å². The molecule has 0 radical (unpaired) electrons. The molecule has 0 heterocycles. The van der Waals surface area contributed by atoms with Crippen LogP contribution < -0.4 is 0 Å². The summed E-state index contributed by atoms with van der Waals surface area (Å²) >= 11 is 0. The zero-order valence-electron chi connectivity index (χ0n) is 6.07. The predicted octanol–water partition coefficient (Wildman–Crippen LogP) is 1.95. The topological polar surface area (TPSA) is 32.6 Å². The van der Waals surface area contributed by atoms with E-state index in [1.165, 1.54) is 6.20 Å². The number of para-hydroxylation sites is 1. The Morgan fingerprint density at radius 2 is 2.09 bits per heavy atom. The van der Waals surface area contributed by atoms with E-state index in [4.69, 9.17) is 0 Å². The second-order valence-electron chi connectivity index (χ2n) is 2.02. The first-order valence-corrected chi connectivity index (χ1v) is 3.26. The Labute approximate surface area is 65.5 Å². The molecule has 0 aliphatic heterocycles. The number of nitrogens with zero attached hydrogens (tertiary/aromatic N) is 1. The van der Waals surface area contributed by atoms with Crippen LogP contribution in [0.5, 0.6) is 5.75 Å². The highest BCUT2D eigenvalue weighted by Gasteiger charge is 1.92. The smallest absolute Gasteiger partial charge is 0.124 e. The highest BCUT2D eigenvalue weighted by atomic mass is 16.3. The zero-order chi connectivity index (χ0) is 8.10. The first-order chi connectivity index (χ1) is 5.34. The number of hydrogen-bond acceptors (Lipinski definition) is 2. The van der Waals surface area contributed by atoms with Crippen LogP contribution in [0, 0.1) is 0 Å². The minimum atomic E-state index is 0.234. The molecule has 11 heavy (non-hydrogen) atoms. The fourth-order valence-corrected chi connectivity index (χ4v) is 0.730. The zero-order valence-corrected chi connectivity index (χ0v) is 6.07. The van der Waals surface area contributed by atoms with E-state index in [0.29, 0.717) is 5.56 Å². The minimum absolute atomic E-state index is 0.234. The molecule has 0 saturated heterocycles. The monoisotopic (exact) mass is 147 g/mol. The second-order valence-corrected chi connectivity index (χ2v) is 2.02. The van der Waals surface area contributed by atoms with Crippen molar-refractivity contribution in [3.63, 3.8) is 0 Å². The van der Waals surface area contributed by atoms with Gasteiger partial charge in [0.25, 0.3) is 0 Å². The fraction of sp³-hybridized carbons (Fsp3) is 0. The number of rotatable bonds is 2. The van der Waals surface area contributed by atoms with Crippen LogP contribution in [0.25, 0.3) is 0 Å². The van der Waals surface area contributed by atoms with Gasteiger partial charge in [0, 0.05) is 18.0 Å². The summed E-state index contributed by atoms with van der Waals surface area (Å²) in [4.78, 5) is 3.78. The van der Waals surface area contributed by atoms with Gasteiger partial charge < -0.3 is 5.11 Å². The van der Waals surface area contributed by atoms with E-state index in [1.807, 2.05) is 6.07 Å². The molecule has 0 aliphatic rings. The maximum atomic E-state index is 9.21. The van der Waals surface area contributed by atoms with E-state index in [0.717, 1.165) is 0 Å². The summed E-state index contributed by atoms with van der Waals surface area (Å²) in [5.41, 5.74) is 0.701. The normalized spacial score (nSPS) is 10.2. The van der Waals surface area contributed by atoms with Crippen LogP contribution in [-0.2, 0) is 0 Å². The number of phenolic OH excluding ortho intramolecular Hbond substituents is 1. The lowest BCUT2D eigenvalue weighted by molar-refractivity contribution is 0.474. The summed E-state index contributed by atoms with van der Waals surface area (Å²) in [6, 6.07) is 7.00. The SMILES string of the molecule is C=C/N=C/c1ccccc1O. The molecule has 0 spiro atoms. The lowest BCUT2D eigenvalue weighted by Gasteiger charge is -1.94. The van der Waals surface area contributed by atoms with E-state index >= 15 is 0 Å². The van der Waals surface area contributed by atoms with Crippen LogP contribution in [0.1, 0.15) is 5.56 Å². The Morgan fingerprint density at radius 1 is 1.36 bits per heavy atom. The molecule has 2 nitrogen and oxygen atoms in total. The Hall–Kier alpha value is -1.57. The summed E-state index contributed by atoms with van der Waals surface area (Å²) in [5.74, 6) is 0.234. The third kappa shape index (κ3) is 1.93. The van der Waals surface area contributed by atoms with Crippen molar-refractivity contribution in [3.8, 4) is 5.75 Å². The molecule has 1 aromatic rings. The number of hydrogen-bond donors (Lipinski definition) is 1. The third-order valence-corrected chi connectivity index (χ3v) is 1.26. The van der Waals surface area contributed by atoms with Crippen LogP contribution in [0.4, 0.5) is 0 Å². The largest absolute Gasteiger partial charge is 0.507 e. The van der Waals surface area contributed by atoms with Crippen LogP contribution >= 0.6 is 0 Å². The van der Waals surface area contributed by atoms with Gasteiger partial charge in [-0.3, -0.25) is 4.99 Å². The molecule has 0 aromatic heterocycles. The molecular weight excluding hydrogens is 138 g/mol. The van der Waals surface area contributed by atoms with E-state index in [9.17, 15) is 5.11 Å². The molecule has 2 heteroatoms. The van der Waals surface area contributed by atoms with Gasteiger partial charge >= 0.3 is 0 Å². The lowest BCUT2D eigenvalue weighted by atomic mass is 10.2. The fourth-order valence-electron chi connectivity index (χ4n) is 0.730. The quantitative estimate of drug-likeness (QED) is 0.637. The third-order valence-electron chi connectivity index (χ3n) is 1.26. The molecule has 56 valence electrons. The van der Waals surface area contributed by atoms with Crippen molar-refractivity contribution in [1.82, 2.24) is 0 Å². The van der Waals surface area contributed by atoms with Gasteiger partial charge in [-0.2, -0.15) is 0 Å². The average Bonchev–Trinajstić information content (AvgIpc) is 2.03. The molecule has 0 saturated carbocycles. The molecule has 1 rings (SSSR count). The second kappa shape index (κ2) is 3.56. The summed E-state index contributed by atoms with van der Waals surface area (Å²) in [6.07, 6.45) is 2.98. The first-order valence-electron chi connectivity index (χ1n) is 3.26. The maximum absolute atomic E-state index is 9.21. The van der Waals surface area contributed by atoms with Crippen LogP contribution in [0.2, 0.25) is 0 Å². The molecule has 0 atom stereocenters. The van der Waals surface area contributed by atoms with Gasteiger partial charge in [0.1, 0.15) is 5.75 Å². The molecule has 1 aromatic carbocycles. The highest BCUT2D eigenvalue weighted by Crippen LogP contribution is 2.12. The van der Waals surface area contributed by atoms with Crippen molar-refractivity contribution in [2.45, 2.75) is 0 Å². The van der Waals surface area contributed by atoms with Gasteiger partial charge in [-0.25, -0.2) is 0 Å². The van der Waals surface area contributed by atoms with Crippen LogP contribution in [-0.4, -0.2) is 11.3 Å². The molecule has 0 bridgehead atoms. The van der Waals surface area contributed by atoms with E-state index < -0.39 is 0 Å². The van der Waals surface area contributed by atoms with Crippen LogP contribution in [0.15, 0.2) is 42.0 Å². The summed E-state index contributed by atoms with van der Waals surface area (Å²) in [5, 5.41) is 9.21. The Bertz CT molecular complexity index is 279. The maximum Gasteiger partial charge on any atom is 0.124 e. The van der Waals surface area contributed by atoms with Gasteiger partial charge in [0.05, 0.1) is 0 Å². The highest BCUT2D eigenvalue weighted by molar-refractivity contribution is 5.83. The van der Waals surface area contributed by atoms with Gasteiger partial charge in [0.15, 0.2) is 0 Å². The van der Waals surface area contributed by atoms with Gasteiger partial charge in [0.2, 0.25) is 0 Å². The summed E-state index contributed by atoms with van der Waals surface area (Å²) in [6.45, 7) is 3.43. The van der Waals surface area contributed by atoms with Crippen molar-refractivity contribution in [3.05, 3.63) is 42.6 Å². The molecule has 0 fully saturated rings. The first kappa shape index (κ1) is 7.54. The number of aliphatic imine (C=N–C) groups is 1. The molecule has 0 aliphatic carbocycles. The number of phenols is 1. The summed E-state index contributed by atoms with van der Waals surface area (Å²) < 4.78 is 0. The van der Waals surface area contributed by atoms with Gasteiger partial charge in [-0.15, -0.1) is 0 Å². The van der Waals surface area contributed by atoms with Crippen molar-refractivity contribution < 1.29 is 5.11 Å². The van der Waals surface area contributed by atoms with E-state index in [-0.39, 0.29) is 5.75 Å². The molecular formula is C9H9NO. The Morgan fingerprint density at radius 3 is 2.73 bits per heavy atom. The van der Waals surface area contributed by atoms with Gasteiger partial charge in [-0.1, -0.05) is 18.7 Å². The lowest BCUT2D eigenvalue weighted by Crippen LogP contribution is -1.79. The number of aromatic hydroxyl groups is 1. The Kier molecular flexibility index (Phi) is 2.44. The van der Waals surface area contributed by atoms with Crippen molar-refractivity contribution in [2.75, 3.05) is 0 Å². The average molecular weight is 147 g/mol. The number of benzene rings is 1. The van der Waals surface area contributed by atoms with Crippen molar-refractivity contribution in [1.29, 1.82) is 0 Å². The summed E-state index contributed by atoms with van der Waals surface area (Å²) in [7, 11) is 0. The Balaban J connectivity index is 2.94. The van der Waals surface area contributed by atoms with E-state index in [2.05, 4.69) is 11.6 Å². The molecule has 0 amide bonds. The van der Waals surface area contributed by atoms with Crippen molar-refractivity contribution in [2.24, 2.45) is 4.99 Å². The predicted molar refractivity (Wildman–Crippen MR) is 45.9 cm³/mol. The van der Waals surface area contributed by atoms with Gasteiger partial charge in [-0.05, 0) is 12.1 Å². The molecule has 1 N–H and O–H groups in total. The molecule has 0 unspecified atom stereocenters. The van der Waals surface area contributed by atoms with Crippen LogP contribution in [0.3, 0.4) is 0 Å². The van der Waals surface area contributed by atoms with Crippen molar-refractivity contribution >= 4 is 6.21 Å².